The largest absolute Gasteiger partial charge is 0.493 e. The van der Waals surface area contributed by atoms with Crippen molar-refractivity contribution in [1.82, 2.24) is 5.32 Å². The molecule has 0 aliphatic carbocycles. The minimum atomic E-state index is 0. The van der Waals surface area contributed by atoms with E-state index in [9.17, 15) is 0 Å². The smallest absolute Gasteiger partial charge is 0.179 e. The average molecular weight is 360 g/mol. The lowest BCUT2D eigenvalue weighted by Crippen LogP contribution is -2.18. The van der Waals surface area contributed by atoms with E-state index in [1.54, 1.807) is 14.2 Å². The van der Waals surface area contributed by atoms with Crippen molar-refractivity contribution in [3.8, 4) is 11.5 Å². The number of ether oxygens (including phenoxy) is 2. The zero-order chi connectivity index (χ0) is 16.3. The molecular weight excluding hydrogens is 337 g/mol. The van der Waals surface area contributed by atoms with Crippen LogP contribution >= 0.6 is 24.0 Å². The zero-order valence-corrected chi connectivity index (χ0v) is 15.6. The molecule has 1 aromatic carbocycles. The Balaban J connectivity index is 0.00000264. The molecule has 1 aromatic heterocycles. The maximum Gasteiger partial charge on any atom is 0.179 e. The third-order valence-electron chi connectivity index (χ3n) is 3.65. The molecule has 4 nitrogen and oxygen atoms in total. The number of halogens is 2. The maximum absolute atomic E-state index is 6.23. The van der Waals surface area contributed by atoms with E-state index >= 15 is 0 Å². The predicted molar refractivity (Wildman–Crippen MR) is 95.2 cm³/mol. The van der Waals surface area contributed by atoms with Gasteiger partial charge < -0.3 is 19.2 Å². The van der Waals surface area contributed by atoms with Gasteiger partial charge in [0.25, 0.3) is 0 Å². The average Bonchev–Trinajstić information content (AvgIpc) is 2.82. The molecule has 1 unspecified atom stereocenters. The Labute approximate surface area is 148 Å². The van der Waals surface area contributed by atoms with Crippen molar-refractivity contribution in [2.45, 2.75) is 33.4 Å². The van der Waals surface area contributed by atoms with Crippen LogP contribution in [0.3, 0.4) is 0 Å². The van der Waals surface area contributed by atoms with Gasteiger partial charge in [0.2, 0.25) is 0 Å². The van der Waals surface area contributed by atoms with Crippen LogP contribution < -0.4 is 14.8 Å². The summed E-state index contributed by atoms with van der Waals surface area (Å²) in [6, 6.07) is 6.06. The van der Waals surface area contributed by atoms with E-state index < -0.39 is 0 Å². The van der Waals surface area contributed by atoms with Crippen LogP contribution in [0.1, 0.15) is 35.6 Å². The summed E-state index contributed by atoms with van der Waals surface area (Å²) >= 11 is 6.23. The van der Waals surface area contributed by atoms with Crippen molar-refractivity contribution in [2.75, 3.05) is 14.2 Å². The van der Waals surface area contributed by atoms with Gasteiger partial charge in [-0.15, -0.1) is 12.4 Å². The van der Waals surface area contributed by atoms with Crippen LogP contribution in [0.4, 0.5) is 0 Å². The van der Waals surface area contributed by atoms with Gasteiger partial charge in [-0.1, -0.05) is 11.6 Å². The van der Waals surface area contributed by atoms with Gasteiger partial charge >= 0.3 is 0 Å². The number of hydrogen-bond donors (Lipinski definition) is 1. The molecule has 0 amide bonds. The number of rotatable bonds is 6. The van der Waals surface area contributed by atoms with E-state index in [-0.39, 0.29) is 18.4 Å². The zero-order valence-electron chi connectivity index (χ0n) is 14.0. The molecule has 128 valence electrons. The molecule has 0 saturated carbocycles. The topological polar surface area (TPSA) is 43.6 Å². The number of nitrogens with one attached hydrogen (secondary N) is 1. The Morgan fingerprint density at radius 3 is 2.39 bits per heavy atom. The lowest BCUT2D eigenvalue weighted by molar-refractivity contribution is 0.354. The van der Waals surface area contributed by atoms with Gasteiger partial charge in [0.1, 0.15) is 11.5 Å². The van der Waals surface area contributed by atoms with Crippen LogP contribution in [0.2, 0.25) is 5.02 Å². The van der Waals surface area contributed by atoms with Crippen molar-refractivity contribution in [3.63, 3.8) is 0 Å². The summed E-state index contributed by atoms with van der Waals surface area (Å²) in [7, 11) is 3.18. The summed E-state index contributed by atoms with van der Waals surface area (Å²) in [5.74, 6) is 3.07. The fourth-order valence-electron chi connectivity index (χ4n) is 2.53. The molecule has 0 spiro atoms. The number of aryl methyl sites for hydroxylation is 2. The summed E-state index contributed by atoms with van der Waals surface area (Å²) < 4.78 is 16.1. The molecule has 1 heterocycles. The molecule has 1 atom stereocenters. The minimum Gasteiger partial charge on any atom is -0.493 e. The Hall–Kier alpha value is -1.36. The van der Waals surface area contributed by atoms with Crippen LogP contribution in [-0.4, -0.2) is 14.2 Å². The number of benzene rings is 1. The highest BCUT2D eigenvalue weighted by Gasteiger charge is 2.14. The Kier molecular flexibility index (Phi) is 7.26. The molecular formula is C17H23Cl2NO3. The van der Waals surface area contributed by atoms with E-state index in [0.717, 1.165) is 17.1 Å². The van der Waals surface area contributed by atoms with Gasteiger partial charge in [-0.05, 0) is 44.5 Å². The highest BCUT2D eigenvalue weighted by atomic mass is 35.5. The summed E-state index contributed by atoms with van der Waals surface area (Å²) in [5, 5.41) is 4.01. The predicted octanol–water partition coefficient (Wildman–Crippen LogP) is 4.84. The first-order valence-corrected chi connectivity index (χ1v) is 7.54. The number of methoxy groups -OCH3 is 2. The second kappa shape index (κ2) is 8.48. The van der Waals surface area contributed by atoms with Crippen molar-refractivity contribution in [3.05, 3.63) is 45.9 Å². The van der Waals surface area contributed by atoms with Crippen molar-refractivity contribution in [2.24, 2.45) is 0 Å². The van der Waals surface area contributed by atoms with Crippen LogP contribution in [0.25, 0.3) is 0 Å². The molecule has 6 heteroatoms. The summed E-state index contributed by atoms with van der Waals surface area (Å²) in [5.41, 5.74) is 2.21. The SMILES string of the molecule is COc1cc(CNC(C)c2cc(C)oc2C)cc(Cl)c1OC.Cl. The fraction of sp³-hybridized carbons (Fsp3) is 0.412. The fourth-order valence-corrected chi connectivity index (χ4v) is 2.85. The monoisotopic (exact) mass is 359 g/mol. The van der Waals surface area contributed by atoms with Crippen LogP contribution in [-0.2, 0) is 6.54 Å². The molecule has 0 aliphatic rings. The van der Waals surface area contributed by atoms with Crippen molar-refractivity contribution in [1.29, 1.82) is 0 Å². The highest BCUT2D eigenvalue weighted by Crippen LogP contribution is 2.36. The van der Waals surface area contributed by atoms with Gasteiger partial charge in [0, 0.05) is 18.2 Å². The molecule has 2 rings (SSSR count). The van der Waals surface area contributed by atoms with Gasteiger partial charge in [0.05, 0.1) is 19.2 Å². The number of furan rings is 1. The normalized spacial score (nSPS) is 11.7. The van der Waals surface area contributed by atoms with Crippen molar-refractivity contribution < 1.29 is 13.9 Å². The maximum atomic E-state index is 6.23. The molecule has 23 heavy (non-hydrogen) atoms. The molecule has 0 saturated heterocycles. The Morgan fingerprint density at radius 1 is 1.17 bits per heavy atom. The van der Waals surface area contributed by atoms with E-state index in [1.165, 1.54) is 5.56 Å². The van der Waals surface area contributed by atoms with Gasteiger partial charge in [-0.25, -0.2) is 0 Å². The van der Waals surface area contributed by atoms with Gasteiger partial charge in [-0.3, -0.25) is 0 Å². The van der Waals surface area contributed by atoms with Crippen molar-refractivity contribution >= 4 is 24.0 Å². The highest BCUT2D eigenvalue weighted by molar-refractivity contribution is 6.32. The lowest BCUT2D eigenvalue weighted by atomic mass is 10.1. The van der Waals surface area contributed by atoms with Crippen LogP contribution in [0.5, 0.6) is 11.5 Å². The first-order chi connectivity index (χ1) is 10.5. The first kappa shape index (κ1) is 19.7. The molecule has 0 fully saturated rings. The first-order valence-electron chi connectivity index (χ1n) is 7.17. The van der Waals surface area contributed by atoms with Gasteiger partial charge in [0.15, 0.2) is 11.5 Å². The van der Waals surface area contributed by atoms with E-state index in [1.807, 2.05) is 26.0 Å². The minimum absolute atomic E-state index is 0. The molecule has 0 aliphatic heterocycles. The molecule has 0 radical (unpaired) electrons. The number of hydrogen-bond acceptors (Lipinski definition) is 4. The van der Waals surface area contributed by atoms with E-state index in [2.05, 4.69) is 18.3 Å². The molecule has 1 N–H and O–H groups in total. The third kappa shape index (κ3) is 4.56. The third-order valence-corrected chi connectivity index (χ3v) is 3.93. The Bertz CT molecular complexity index is 656. The van der Waals surface area contributed by atoms with Gasteiger partial charge in [-0.2, -0.15) is 0 Å². The van der Waals surface area contributed by atoms with Crippen LogP contribution in [0, 0.1) is 13.8 Å². The van der Waals surface area contributed by atoms with E-state index in [4.69, 9.17) is 25.5 Å². The van der Waals surface area contributed by atoms with Crippen LogP contribution in [0.15, 0.2) is 22.6 Å². The summed E-state index contributed by atoms with van der Waals surface area (Å²) in [6.45, 7) is 6.72. The second-order valence-electron chi connectivity index (χ2n) is 5.28. The Morgan fingerprint density at radius 2 is 1.87 bits per heavy atom. The van der Waals surface area contributed by atoms with E-state index in [0.29, 0.717) is 23.1 Å². The standard InChI is InChI=1S/C17H22ClNO3.ClH/c1-10-6-14(12(3)22-10)11(2)19-9-13-7-15(18)17(21-5)16(8-13)20-4;/h6-8,11,19H,9H2,1-5H3;1H. The summed E-state index contributed by atoms with van der Waals surface area (Å²) in [6.07, 6.45) is 0. The second-order valence-corrected chi connectivity index (χ2v) is 5.69. The molecule has 2 aromatic rings. The summed E-state index contributed by atoms with van der Waals surface area (Å²) in [4.78, 5) is 0. The lowest BCUT2D eigenvalue weighted by Gasteiger charge is -2.15. The quantitative estimate of drug-likeness (QED) is 0.801. The molecule has 0 bridgehead atoms.